The van der Waals surface area contributed by atoms with Crippen molar-refractivity contribution in [2.45, 2.75) is 13.8 Å². The van der Waals surface area contributed by atoms with Gasteiger partial charge in [0.25, 0.3) is 0 Å². The van der Waals surface area contributed by atoms with Crippen molar-refractivity contribution in [3.8, 4) is 0 Å². The molecule has 0 atom stereocenters. The van der Waals surface area contributed by atoms with Crippen LogP contribution in [-0.2, 0) is 0 Å². The molecule has 1 aromatic heterocycles. The van der Waals surface area contributed by atoms with Gasteiger partial charge in [-0.1, -0.05) is 0 Å². The molecule has 1 rings (SSSR count). The zero-order valence-corrected chi connectivity index (χ0v) is 7.59. The van der Waals surface area contributed by atoms with E-state index in [1.807, 2.05) is 23.2 Å². The summed E-state index contributed by atoms with van der Waals surface area (Å²) in [4.78, 5) is 5.03. The molecule has 0 amide bonds. The number of aromatic amines is 1. The number of rotatable bonds is 3. The summed E-state index contributed by atoms with van der Waals surface area (Å²) in [5, 5.41) is 7.80. The summed E-state index contributed by atoms with van der Waals surface area (Å²) < 4.78 is 0. The molecule has 1 heterocycles. The second-order valence-electron chi connectivity index (χ2n) is 2.60. The third-order valence-corrected chi connectivity index (χ3v) is 1.93. The largest absolute Gasteiger partial charge is 0.359 e. The van der Waals surface area contributed by atoms with Gasteiger partial charge in [0.05, 0.1) is 5.69 Å². The van der Waals surface area contributed by atoms with Gasteiger partial charge in [0.2, 0.25) is 0 Å². The van der Waals surface area contributed by atoms with Crippen molar-refractivity contribution in [2.75, 3.05) is 13.1 Å². The van der Waals surface area contributed by atoms with Gasteiger partial charge >= 0.3 is 0 Å². The van der Waals surface area contributed by atoms with Crippen molar-refractivity contribution in [3.05, 3.63) is 24.0 Å². The molecule has 0 unspecified atom stereocenters. The first kappa shape index (κ1) is 8.84. The Morgan fingerprint density at radius 1 is 1.50 bits per heavy atom. The van der Waals surface area contributed by atoms with Crippen LogP contribution >= 0.6 is 0 Å². The second kappa shape index (κ2) is 3.95. The van der Waals surface area contributed by atoms with E-state index in [1.165, 1.54) is 0 Å². The smallest absolute Gasteiger partial charge is 0.144 e. The van der Waals surface area contributed by atoms with Gasteiger partial charge in [-0.05, 0) is 26.0 Å². The zero-order chi connectivity index (χ0) is 8.97. The maximum Gasteiger partial charge on any atom is 0.144 e. The van der Waals surface area contributed by atoms with Crippen molar-refractivity contribution in [3.63, 3.8) is 0 Å². The SMILES string of the molecule is CCN(CC)C(=N)c1ccc[nH]1. The Bertz CT molecular complexity index is 234. The zero-order valence-electron chi connectivity index (χ0n) is 7.59. The summed E-state index contributed by atoms with van der Waals surface area (Å²) in [5.41, 5.74) is 0.888. The summed E-state index contributed by atoms with van der Waals surface area (Å²) in [6.45, 7) is 5.88. The highest BCUT2D eigenvalue weighted by Crippen LogP contribution is 2.00. The Balaban J connectivity index is 2.70. The van der Waals surface area contributed by atoms with E-state index in [4.69, 9.17) is 5.41 Å². The molecule has 0 aromatic carbocycles. The molecule has 3 nitrogen and oxygen atoms in total. The third kappa shape index (κ3) is 1.67. The lowest BCUT2D eigenvalue weighted by molar-refractivity contribution is 0.462. The Kier molecular flexibility index (Phi) is 2.91. The Morgan fingerprint density at radius 3 is 2.58 bits per heavy atom. The Labute approximate surface area is 72.9 Å². The lowest BCUT2D eigenvalue weighted by atomic mass is 10.3. The fraction of sp³-hybridized carbons (Fsp3) is 0.444. The molecule has 1 aromatic rings. The first-order valence-electron chi connectivity index (χ1n) is 4.26. The molecule has 0 radical (unpaired) electrons. The highest BCUT2D eigenvalue weighted by atomic mass is 15.2. The van der Waals surface area contributed by atoms with E-state index in [9.17, 15) is 0 Å². The van der Waals surface area contributed by atoms with Crippen LogP contribution in [0.5, 0.6) is 0 Å². The predicted molar refractivity (Wildman–Crippen MR) is 50.5 cm³/mol. The van der Waals surface area contributed by atoms with Crippen molar-refractivity contribution in [1.82, 2.24) is 9.88 Å². The lowest BCUT2D eigenvalue weighted by Crippen LogP contribution is -2.30. The number of H-pyrrole nitrogens is 1. The van der Waals surface area contributed by atoms with Crippen LogP contribution in [0.25, 0.3) is 0 Å². The Morgan fingerprint density at radius 2 is 2.17 bits per heavy atom. The number of nitrogens with zero attached hydrogens (tertiary/aromatic N) is 1. The minimum atomic E-state index is 0.574. The van der Waals surface area contributed by atoms with Crippen LogP contribution in [0.2, 0.25) is 0 Å². The number of nitrogens with one attached hydrogen (secondary N) is 2. The van der Waals surface area contributed by atoms with Crippen LogP contribution in [0.4, 0.5) is 0 Å². The van der Waals surface area contributed by atoms with Gasteiger partial charge < -0.3 is 9.88 Å². The fourth-order valence-corrected chi connectivity index (χ4v) is 1.19. The predicted octanol–water partition coefficient (Wildman–Crippen LogP) is 1.68. The average Bonchev–Trinajstić information content (AvgIpc) is 2.58. The first-order valence-corrected chi connectivity index (χ1v) is 4.26. The molecule has 12 heavy (non-hydrogen) atoms. The number of hydrogen-bond acceptors (Lipinski definition) is 1. The minimum Gasteiger partial charge on any atom is -0.359 e. The molecular weight excluding hydrogens is 150 g/mol. The summed E-state index contributed by atoms with van der Waals surface area (Å²) in [7, 11) is 0. The van der Waals surface area contributed by atoms with E-state index >= 15 is 0 Å². The molecule has 0 saturated carbocycles. The maximum atomic E-state index is 7.80. The van der Waals surface area contributed by atoms with Crippen molar-refractivity contribution < 1.29 is 0 Å². The molecule has 0 aliphatic carbocycles. The topological polar surface area (TPSA) is 42.9 Å². The highest BCUT2D eigenvalue weighted by Gasteiger charge is 2.07. The van der Waals surface area contributed by atoms with Gasteiger partial charge in [-0.15, -0.1) is 0 Å². The van der Waals surface area contributed by atoms with Crippen molar-refractivity contribution >= 4 is 5.84 Å². The van der Waals surface area contributed by atoms with Gasteiger partial charge in [0.15, 0.2) is 0 Å². The van der Waals surface area contributed by atoms with Gasteiger partial charge in [-0.3, -0.25) is 5.41 Å². The van der Waals surface area contributed by atoms with Crippen LogP contribution in [0, 0.1) is 5.41 Å². The summed E-state index contributed by atoms with van der Waals surface area (Å²) >= 11 is 0. The van der Waals surface area contributed by atoms with E-state index < -0.39 is 0 Å². The number of aromatic nitrogens is 1. The molecule has 0 aliphatic heterocycles. The van der Waals surface area contributed by atoms with Crippen molar-refractivity contribution in [1.29, 1.82) is 5.41 Å². The van der Waals surface area contributed by atoms with Crippen LogP contribution in [0.1, 0.15) is 19.5 Å². The van der Waals surface area contributed by atoms with Crippen LogP contribution in [0.15, 0.2) is 18.3 Å². The maximum absolute atomic E-state index is 7.80. The normalized spacial score (nSPS) is 9.83. The van der Waals surface area contributed by atoms with Gasteiger partial charge in [0.1, 0.15) is 5.84 Å². The van der Waals surface area contributed by atoms with E-state index in [0.29, 0.717) is 5.84 Å². The lowest BCUT2D eigenvalue weighted by Gasteiger charge is -2.20. The molecule has 0 aliphatic rings. The molecule has 3 heteroatoms. The molecule has 0 spiro atoms. The standard InChI is InChI=1S/C9H15N3/c1-3-12(4-2)9(10)8-6-5-7-11-8/h5-7,10-11H,3-4H2,1-2H3. The first-order chi connectivity index (χ1) is 5.79. The van der Waals surface area contributed by atoms with Gasteiger partial charge in [-0.2, -0.15) is 0 Å². The van der Waals surface area contributed by atoms with Crippen LogP contribution in [0.3, 0.4) is 0 Å². The van der Waals surface area contributed by atoms with Crippen LogP contribution in [-0.4, -0.2) is 28.8 Å². The van der Waals surface area contributed by atoms with E-state index in [-0.39, 0.29) is 0 Å². The minimum absolute atomic E-state index is 0.574. The molecule has 0 bridgehead atoms. The molecule has 2 N–H and O–H groups in total. The van der Waals surface area contributed by atoms with E-state index in [1.54, 1.807) is 0 Å². The summed E-state index contributed by atoms with van der Waals surface area (Å²) in [6.07, 6.45) is 1.84. The second-order valence-corrected chi connectivity index (χ2v) is 2.60. The van der Waals surface area contributed by atoms with E-state index in [2.05, 4.69) is 18.8 Å². The van der Waals surface area contributed by atoms with Gasteiger partial charge in [0, 0.05) is 19.3 Å². The molecule has 0 fully saturated rings. The number of hydrogen-bond donors (Lipinski definition) is 2. The summed E-state index contributed by atoms with van der Waals surface area (Å²) in [6, 6.07) is 3.83. The molecule has 66 valence electrons. The third-order valence-electron chi connectivity index (χ3n) is 1.93. The van der Waals surface area contributed by atoms with Crippen molar-refractivity contribution in [2.24, 2.45) is 0 Å². The molecule has 0 saturated heterocycles. The molecular formula is C9H15N3. The average molecular weight is 165 g/mol. The Hall–Kier alpha value is -1.25. The van der Waals surface area contributed by atoms with E-state index in [0.717, 1.165) is 18.8 Å². The number of amidine groups is 1. The summed E-state index contributed by atoms with van der Waals surface area (Å²) in [5.74, 6) is 0.574. The highest BCUT2D eigenvalue weighted by molar-refractivity contribution is 5.94. The van der Waals surface area contributed by atoms with Gasteiger partial charge in [-0.25, -0.2) is 0 Å². The van der Waals surface area contributed by atoms with Crippen LogP contribution < -0.4 is 0 Å². The fourth-order valence-electron chi connectivity index (χ4n) is 1.19. The quantitative estimate of drug-likeness (QED) is 0.519. The monoisotopic (exact) mass is 165 g/mol.